The molecular weight excluding hydrogens is 480 g/mol. The van der Waals surface area contributed by atoms with Crippen LogP contribution < -0.4 is 21.3 Å². The third kappa shape index (κ3) is 4.83. The number of aliphatic hydroxyl groups is 1. The summed E-state index contributed by atoms with van der Waals surface area (Å²) < 4.78 is 7.27. The minimum atomic E-state index is -0.653. The van der Waals surface area contributed by atoms with Crippen LogP contribution in [0.3, 0.4) is 0 Å². The number of ether oxygens (including phenoxy) is 1. The van der Waals surface area contributed by atoms with Crippen molar-refractivity contribution in [3.8, 4) is 5.69 Å². The molecule has 38 heavy (non-hydrogen) atoms. The molecular formula is C29H32N6O3. The molecule has 196 valence electrons. The number of benzene rings is 3. The first-order valence-corrected chi connectivity index (χ1v) is 13.0. The molecule has 3 aromatic carbocycles. The van der Waals surface area contributed by atoms with Gasteiger partial charge in [-0.2, -0.15) is 5.10 Å². The highest BCUT2D eigenvalue weighted by Crippen LogP contribution is 2.47. The summed E-state index contributed by atoms with van der Waals surface area (Å²) in [6.07, 6.45) is 3.02. The lowest BCUT2D eigenvalue weighted by Gasteiger charge is -2.28. The van der Waals surface area contributed by atoms with Gasteiger partial charge >= 0.3 is 0 Å². The minimum absolute atomic E-state index is 0.154. The monoisotopic (exact) mass is 512 g/mol. The number of morpholine rings is 1. The van der Waals surface area contributed by atoms with E-state index in [1.54, 1.807) is 6.20 Å². The van der Waals surface area contributed by atoms with Crippen LogP contribution in [-0.2, 0) is 4.74 Å². The summed E-state index contributed by atoms with van der Waals surface area (Å²) in [5, 5.41) is 22.1. The molecule has 0 spiro atoms. The highest BCUT2D eigenvalue weighted by molar-refractivity contribution is 6.05. The number of carbonyl (C=O) groups excluding carboxylic acids is 1. The van der Waals surface area contributed by atoms with E-state index in [-0.39, 0.29) is 11.3 Å². The Morgan fingerprint density at radius 1 is 1.00 bits per heavy atom. The van der Waals surface area contributed by atoms with Crippen LogP contribution in [0.2, 0.25) is 0 Å². The maximum atomic E-state index is 12.9. The third-order valence-corrected chi connectivity index (χ3v) is 7.63. The summed E-state index contributed by atoms with van der Waals surface area (Å²) in [4.78, 5) is 15.1. The Balaban J connectivity index is 1.12. The van der Waals surface area contributed by atoms with Crippen LogP contribution in [0.15, 0.2) is 72.9 Å². The van der Waals surface area contributed by atoms with Gasteiger partial charge in [0, 0.05) is 53.1 Å². The number of carbonyl (C=O) groups is 1. The van der Waals surface area contributed by atoms with E-state index in [1.165, 1.54) is 0 Å². The van der Waals surface area contributed by atoms with Crippen molar-refractivity contribution in [1.82, 2.24) is 9.78 Å². The Kier molecular flexibility index (Phi) is 6.49. The number of amides is 1. The van der Waals surface area contributed by atoms with Crippen molar-refractivity contribution in [2.45, 2.75) is 19.1 Å². The molecule has 1 amide bonds. The first-order chi connectivity index (χ1) is 18.5. The van der Waals surface area contributed by atoms with Crippen molar-refractivity contribution in [3.05, 3.63) is 78.5 Å². The van der Waals surface area contributed by atoms with Gasteiger partial charge in [0.2, 0.25) is 0 Å². The molecule has 4 aromatic rings. The predicted octanol–water partition coefficient (Wildman–Crippen LogP) is 3.58. The van der Waals surface area contributed by atoms with E-state index in [1.807, 2.05) is 71.4 Å². The fourth-order valence-electron chi connectivity index (χ4n) is 4.92. The van der Waals surface area contributed by atoms with Crippen LogP contribution >= 0.6 is 0 Å². The van der Waals surface area contributed by atoms with Crippen LogP contribution in [0.5, 0.6) is 0 Å². The van der Waals surface area contributed by atoms with E-state index in [9.17, 15) is 9.90 Å². The van der Waals surface area contributed by atoms with E-state index in [0.29, 0.717) is 17.8 Å². The number of anilines is 3. The number of hydrogen-bond donors (Lipinski definition) is 4. The van der Waals surface area contributed by atoms with Crippen LogP contribution in [0.4, 0.5) is 17.1 Å². The Labute approximate surface area is 221 Å². The van der Waals surface area contributed by atoms with Crippen molar-refractivity contribution < 1.29 is 14.6 Å². The average Bonchev–Trinajstić information content (AvgIpc) is 3.67. The molecule has 5 N–H and O–H groups in total. The van der Waals surface area contributed by atoms with Gasteiger partial charge in [-0.3, -0.25) is 4.79 Å². The number of nitrogens with zero attached hydrogens (tertiary/aromatic N) is 3. The summed E-state index contributed by atoms with van der Waals surface area (Å²) in [7, 11) is 0. The number of aliphatic hydroxyl groups excluding tert-OH is 1. The van der Waals surface area contributed by atoms with E-state index in [0.717, 1.165) is 67.1 Å². The molecule has 2 heterocycles. The second-order valence-corrected chi connectivity index (χ2v) is 10.1. The third-order valence-electron chi connectivity index (χ3n) is 7.63. The molecule has 6 rings (SSSR count). The average molecular weight is 513 g/mol. The second kappa shape index (κ2) is 10.1. The Hall–Kier alpha value is -3.92. The number of fused-ring (bicyclic) bond motifs is 1. The van der Waals surface area contributed by atoms with Gasteiger partial charge in [-0.25, -0.2) is 4.68 Å². The van der Waals surface area contributed by atoms with Crippen LogP contribution in [0.25, 0.3) is 16.6 Å². The number of rotatable bonds is 8. The molecule has 1 aliphatic heterocycles. The molecule has 2 fully saturated rings. The highest BCUT2D eigenvalue weighted by Gasteiger charge is 2.47. The number of hydrogen-bond acceptors (Lipinski definition) is 7. The van der Waals surface area contributed by atoms with Crippen molar-refractivity contribution in [2.24, 2.45) is 11.1 Å². The molecule has 1 atom stereocenters. The lowest BCUT2D eigenvalue weighted by molar-refractivity contribution is 0.102. The molecule has 9 nitrogen and oxygen atoms in total. The second-order valence-electron chi connectivity index (χ2n) is 10.1. The van der Waals surface area contributed by atoms with Gasteiger partial charge in [-0.05, 0) is 79.6 Å². The zero-order chi connectivity index (χ0) is 26.1. The number of aromatic nitrogens is 2. The first-order valence-electron chi connectivity index (χ1n) is 13.0. The normalized spacial score (nSPS) is 17.3. The molecule has 1 unspecified atom stereocenters. The van der Waals surface area contributed by atoms with Crippen LogP contribution in [0, 0.1) is 5.41 Å². The fraction of sp³-hybridized carbons (Fsp3) is 0.310. The highest BCUT2D eigenvalue weighted by atomic mass is 16.5. The smallest absolute Gasteiger partial charge is 0.255 e. The van der Waals surface area contributed by atoms with Gasteiger partial charge in [-0.1, -0.05) is 0 Å². The largest absolute Gasteiger partial charge is 0.378 e. The molecule has 2 aliphatic rings. The van der Waals surface area contributed by atoms with Crippen molar-refractivity contribution in [3.63, 3.8) is 0 Å². The van der Waals surface area contributed by atoms with Crippen molar-refractivity contribution in [1.29, 1.82) is 0 Å². The van der Waals surface area contributed by atoms with E-state index >= 15 is 0 Å². The zero-order valence-corrected chi connectivity index (χ0v) is 21.1. The summed E-state index contributed by atoms with van der Waals surface area (Å²) in [5.74, 6) is -0.154. The van der Waals surface area contributed by atoms with Crippen molar-refractivity contribution in [2.75, 3.05) is 48.4 Å². The summed E-state index contributed by atoms with van der Waals surface area (Å²) in [6, 6.07) is 21.2. The number of nitrogens with two attached hydrogens (primary N) is 1. The van der Waals surface area contributed by atoms with Gasteiger partial charge < -0.3 is 31.1 Å². The number of nitrogens with one attached hydrogen (secondary N) is 2. The Morgan fingerprint density at radius 2 is 1.68 bits per heavy atom. The van der Waals surface area contributed by atoms with E-state index < -0.39 is 6.23 Å². The topological polar surface area (TPSA) is 118 Å². The van der Waals surface area contributed by atoms with E-state index in [2.05, 4.69) is 20.6 Å². The Morgan fingerprint density at radius 3 is 2.37 bits per heavy atom. The fourth-order valence-corrected chi connectivity index (χ4v) is 4.92. The molecule has 1 saturated heterocycles. The van der Waals surface area contributed by atoms with Crippen molar-refractivity contribution >= 4 is 33.9 Å². The zero-order valence-electron chi connectivity index (χ0n) is 21.1. The lowest BCUT2D eigenvalue weighted by Crippen LogP contribution is -2.36. The maximum absolute atomic E-state index is 12.9. The summed E-state index contributed by atoms with van der Waals surface area (Å²) in [5.41, 5.74) is 10.7. The molecule has 0 radical (unpaired) electrons. The standard InChI is InChI=1S/C29H32N6O3/c30-19-29(11-12-29)28(37)33-22-3-8-25(9-4-22)35-26-10-5-23(17-21(26)18-31-35)32-27(36)20-1-6-24(7-2-20)34-13-15-38-16-14-34/h1-10,17-18,28,33,37H,11-16,19,30H2,(H,32,36). The molecule has 9 heteroatoms. The van der Waals surface area contributed by atoms with Gasteiger partial charge in [0.05, 0.1) is 30.6 Å². The quantitative estimate of drug-likeness (QED) is 0.267. The summed E-state index contributed by atoms with van der Waals surface area (Å²) in [6.45, 7) is 3.65. The molecule has 1 aliphatic carbocycles. The van der Waals surface area contributed by atoms with Crippen LogP contribution in [0.1, 0.15) is 23.2 Å². The maximum Gasteiger partial charge on any atom is 0.255 e. The molecule has 1 saturated carbocycles. The van der Waals surface area contributed by atoms with Gasteiger partial charge in [-0.15, -0.1) is 0 Å². The van der Waals surface area contributed by atoms with Gasteiger partial charge in [0.1, 0.15) is 6.23 Å². The summed E-state index contributed by atoms with van der Waals surface area (Å²) >= 11 is 0. The first kappa shape index (κ1) is 24.4. The van der Waals surface area contributed by atoms with Gasteiger partial charge in [0.25, 0.3) is 5.91 Å². The molecule has 1 aromatic heterocycles. The van der Waals surface area contributed by atoms with E-state index in [4.69, 9.17) is 10.5 Å². The van der Waals surface area contributed by atoms with Crippen LogP contribution in [-0.4, -0.2) is 59.9 Å². The lowest BCUT2D eigenvalue weighted by atomic mass is 10.1. The Bertz CT molecular complexity index is 1420. The SMILES string of the molecule is NCC1(C(O)Nc2ccc(-n3ncc4cc(NC(=O)c5ccc(N6CCOCC6)cc5)ccc43)cc2)CC1. The molecule has 0 bridgehead atoms. The minimum Gasteiger partial charge on any atom is -0.378 e. The predicted molar refractivity (Wildman–Crippen MR) is 149 cm³/mol. The van der Waals surface area contributed by atoms with Gasteiger partial charge in [0.15, 0.2) is 0 Å².